The topological polar surface area (TPSA) is 58.4 Å². The average molecular weight is 283 g/mol. The van der Waals surface area contributed by atoms with Crippen LogP contribution in [-0.4, -0.2) is 19.5 Å². The Balaban J connectivity index is 1.84. The molecule has 2 aromatic carbocycles. The number of amides is 1. The normalized spacial score (nSPS) is 10.2. The summed E-state index contributed by atoms with van der Waals surface area (Å²) in [6, 6.07) is 15.4. The highest BCUT2D eigenvalue weighted by molar-refractivity contribution is 5.91. The number of hydrogen-bond acceptors (Lipinski definition) is 3. The molecule has 110 valence electrons. The number of aryl methyl sites for hydroxylation is 1. The Labute approximate surface area is 125 Å². The molecule has 0 aliphatic heterocycles. The molecule has 0 aromatic heterocycles. The SMILES string of the molecule is Cc1cccc(N(C)CCC(=O)Nc2ccc(N)cc2)c1. The summed E-state index contributed by atoms with van der Waals surface area (Å²) in [5.74, 6) is -0.000672. The van der Waals surface area contributed by atoms with Crippen molar-refractivity contribution in [3.05, 3.63) is 54.1 Å². The van der Waals surface area contributed by atoms with E-state index in [4.69, 9.17) is 5.73 Å². The van der Waals surface area contributed by atoms with Crippen LogP contribution in [0, 0.1) is 6.92 Å². The van der Waals surface area contributed by atoms with Gasteiger partial charge >= 0.3 is 0 Å². The lowest BCUT2D eigenvalue weighted by Crippen LogP contribution is -2.23. The summed E-state index contributed by atoms with van der Waals surface area (Å²) in [5, 5.41) is 2.87. The molecule has 0 saturated carbocycles. The van der Waals surface area contributed by atoms with Crippen LogP contribution in [-0.2, 0) is 4.79 Å². The van der Waals surface area contributed by atoms with E-state index in [9.17, 15) is 4.79 Å². The zero-order chi connectivity index (χ0) is 15.2. The maximum Gasteiger partial charge on any atom is 0.226 e. The Bertz CT molecular complexity index is 608. The molecule has 0 atom stereocenters. The van der Waals surface area contributed by atoms with E-state index in [1.54, 1.807) is 24.3 Å². The molecule has 21 heavy (non-hydrogen) atoms. The van der Waals surface area contributed by atoms with Crippen molar-refractivity contribution < 1.29 is 4.79 Å². The van der Waals surface area contributed by atoms with Gasteiger partial charge in [-0.25, -0.2) is 0 Å². The first-order valence-electron chi connectivity index (χ1n) is 6.98. The Morgan fingerprint density at radius 2 is 1.90 bits per heavy atom. The second-order valence-corrected chi connectivity index (χ2v) is 5.18. The van der Waals surface area contributed by atoms with Gasteiger partial charge in [-0.1, -0.05) is 12.1 Å². The predicted molar refractivity (Wildman–Crippen MR) is 88.6 cm³/mol. The van der Waals surface area contributed by atoms with Crippen LogP contribution in [0.1, 0.15) is 12.0 Å². The number of nitrogens with one attached hydrogen (secondary N) is 1. The van der Waals surface area contributed by atoms with Crippen LogP contribution >= 0.6 is 0 Å². The highest BCUT2D eigenvalue weighted by atomic mass is 16.1. The van der Waals surface area contributed by atoms with Gasteiger partial charge in [0.05, 0.1) is 0 Å². The Morgan fingerprint density at radius 1 is 1.19 bits per heavy atom. The highest BCUT2D eigenvalue weighted by Gasteiger charge is 2.06. The summed E-state index contributed by atoms with van der Waals surface area (Å²) in [4.78, 5) is 14.0. The molecule has 0 unspecified atom stereocenters. The third-order valence-corrected chi connectivity index (χ3v) is 3.31. The van der Waals surface area contributed by atoms with E-state index in [2.05, 4.69) is 29.3 Å². The largest absolute Gasteiger partial charge is 0.399 e. The van der Waals surface area contributed by atoms with Gasteiger partial charge in [-0.2, -0.15) is 0 Å². The van der Waals surface area contributed by atoms with E-state index in [1.807, 2.05) is 19.2 Å². The van der Waals surface area contributed by atoms with E-state index in [0.717, 1.165) is 11.4 Å². The van der Waals surface area contributed by atoms with Gasteiger partial charge in [-0.15, -0.1) is 0 Å². The number of carbonyl (C=O) groups is 1. The number of nitrogens with zero attached hydrogens (tertiary/aromatic N) is 1. The number of nitrogen functional groups attached to an aromatic ring is 1. The quantitative estimate of drug-likeness (QED) is 0.829. The van der Waals surface area contributed by atoms with Gasteiger partial charge < -0.3 is 16.0 Å². The average Bonchev–Trinajstić information content (AvgIpc) is 2.47. The van der Waals surface area contributed by atoms with Gasteiger partial charge in [0.2, 0.25) is 5.91 Å². The van der Waals surface area contributed by atoms with Crippen molar-refractivity contribution in [2.75, 3.05) is 29.5 Å². The van der Waals surface area contributed by atoms with Crippen molar-refractivity contribution in [3.8, 4) is 0 Å². The van der Waals surface area contributed by atoms with Gasteiger partial charge in [0.1, 0.15) is 0 Å². The zero-order valence-electron chi connectivity index (χ0n) is 12.5. The zero-order valence-corrected chi connectivity index (χ0v) is 12.5. The van der Waals surface area contributed by atoms with Crippen molar-refractivity contribution in [1.82, 2.24) is 0 Å². The number of carbonyl (C=O) groups excluding carboxylic acids is 1. The molecule has 3 N–H and O–H groups in total. The van der Waals surface area contributed by atoms with Crippen molar-refractivity contribution in [1.29, 1.82) is 0 Å². The van der Waals surface area contributed by atoms with Crippen LogP contribution in [0.15, 0.2) is 48.5 Å². The van der Waals surface area contributed by atoms with E-state index in [1.165, 1.54) is 5.56 Å². The predicted octanol–water partition coefficient (Wildman–Crippen LogP) is 3.04. The fourth-order valence-electron chi connectivity index (χ4n) is 2.05. The van der Waals surface area contributed by atoms with Crippen LogP contribution < -0.4 is 16.0 Å². The van der Waals surface area contributed by atoms with E-state index in [0.29, 0.717) is 18.7 Å². The molecule has 0 heterocycles. The number of hydrogen-bond donors (Lipinski definition) is 2. The number of benzene rings is 2. The lowest BCUT2D eigenvalue weighted by atomic mass is 10.2. The van der Waals surface area contributed by atoms with Crippen LogP contribution in [0.4, 0.5) is 17.1 Å². The van der Waals surface area contributed by atoms with Crippen molar-refractivity contribution in [2.45, 2.75) is 13.3 Å². The Hall–Kier alpha value is -2.49. The number of nitrogens with two attached hydrogens (primary N) is 1. The molecular weight excluding hydrogens is 262 g/mol. The summed E-state index contributed by atoms with van der Waals surface area (Å²) < 4.78 is 0. The minimum atomic E-state index is -0.000672. The fraction of sp³-hybridized carbons (Fsp3) is 0.235. The molecule has 1 amide bonds. The molecular formula is C17H21N3O. The molecule has 0 spiro atoms. The maximum absolute atomic E-state index is 11.9. The third kappa shape index (κ3) is 4.53. The first-order chi connectivity index (χ1) is 10.0. The maximum atomic E-state index is 11.9. The van der Waals surface area contributed by atoms with Crippen LogP contribution in [0.25, 0.3) is 0 Å². The molecule has 4 nitrogen and oxygen atoms in total. The van der Waals surface area contributed by atoms with Crippen molar-refractivity contribution >= 4 is 23.0 Å². The van der Waals surface area contributed by atoms with Crippen LogP contribution in [0.2, 0.25) is 0 Å². The van der Waals surface area contributed by atoms with Gasteiger partial charge in [0, 0.05) is 37.1 Å². The Morgan fingerprint density at radius 3 is 2.57 bits per heavy atom. The highest BCUT2D eigenvalue weighted by Crippen LogP contribution is 2.15. The number of rotatable bonds is 5. The molecule has 0 fully saturated rings. The van der Waals surface area contributed by atoms with Gasteiger partial charge in [-0.3, -0.25) is 4.79 Å². The minimum absolute atomic E-state index is 0.000672. The van der Waals surface area contributed by atoms with Crippen molar-refractivity contribution in [3.63, 3.8) is 0 Å². The van der Waals surface area contributed by atoms with Crippen molar-refractivity contribution in [2.24, 2.45) is 0 Å². The summed E-state index contributed by atoms with van der Waals surface area (Å²) in [7, 11) is 1.99. The first kappa shape index (κ1) is 14.9. The second-order valence-electron chi connectivity index (χ2n) is 5.18. The first-order valence-corrected chi connectivity index (χ1v) is 6.98. The van der Waals surface area contributed by atoms with Gasteiger partial charge in [0.25, 0.3) is 0 Å². The summed E-state index contributed by atoms with van der Waals surface area (Å²) >= 11 is 0. The van der Waals surface area contributed by atoms with E-state index < -0.39 is 0 Å². The van der Waals surface area contributed by atoms with Crippen LogP contribution in [0.5, 0.6) is 0 Å². The standard InChI is InChI=1S/C17H21N3O/c1-13-4-3-5-16(12-13)20(2)11-10-17(21)19-15-8-6-14(18)7-9-15/h3-9,12H,10-11,18H2,1-2H3,(H,19,21). The minimum Gasteiger partial charge on any atom is -0.399 e. The molecule has 2 aromatic rings. The molecule has 0 saturated heterocycles. The third-order valence-electron chi connectivity index (χ3n) is 3.31. The number of anilines is 3. The lowest BCUT2D eigenvalue weighted by Gasteiger charge is -2.19. The molecule has 0 radical (unpaired) electrons. The van der Waals surface area contributed by atoms with E-state index in [-0.39, 0.29) is 5.91 Å². The fourth-order valence-corrected chi connectivity index (χ4v) is 2.05. The van der Waals surface area contributed by atoms with E-state index >= 15 is 0 Å². The summed E-state index contributed by atoms with van der Waals surface area (Å²) in [6.07, 6.45) is 0.439. The Kier molecular flexibility index (Phi) is 4.82. The van der Waals surface area contributed by atoms with Gasteiger partial charge in [-0.05, 0) is 48.9 Å². The molecule has 2 rings (SSSR count). The summed E-state index contributed by atoms with van der Waals surface area (Å²) in [6.45, 7) is 2.73. The molecule has 4 heteroatoms. The lowest BCUT2D eigenvalue weighted by molar-refractivity contribution is -0.116. The van der Waals surface area contributed by atoms with Gasteiger partial charge in [0.15, 0.2) is 0 Å². The summed E-state index contributed by atoms with van der Waals surface area (Å²) in [5.41, 5.74) is 9.41. The molecule has 0 aliphatic rings. The molecule has 0 bridgehead atoms. The monoisotopic (exact) mass is 283 g/mol. The van der Waals surface area contributed by atoms with Crippen LogP contribution in [0.3, 0.4) is 0 Å². The second kappa shape index (κ2) is 6.79. The smallest absolute Gasteiger partial charge is 0.226 e. The molecule has 0 aliphatic carbocycles.